The van der Waals surface area contributed by atoms with E-state index in [1.165, 1.54) is 18.0 Å². The largest absolute Gasteiger partial charge is 0.465 e. The quantitative estimate of drug-likeness (QED) is 0.839. The molecule has 2 N–H and O–H groups in total. The standard InChI is InChI=1S/C17H21N3O4/c1-5-24-8-12-6-10(2)14(11(3)7-12)20-9-19-15(18)13(16(20)21)17(22)23-4/h6-7,9H,5,8,18H2,1-4H3. The van der Waals surface area contributed by atoms with Crippen LogP contribution in [0.3, 0.4) is 0 Å². The minimum atomic E-state index is -0.803. The van der Waals surface area contributed by atoms with Gasteiger partial charge < -0.3 is 15.2 Å². The third kappa shape index (κ3) is 3.30. The fourth-order valence-corrected chi connectivity index (χ4v) is 2.65. The lowest BCUT2D eigenvalue weighted by Crippen LogP contribution is -2.29. The summed E-state index contributed by atoms with van der Waals surface area (Å²) in [5.41, 5.74) is 8.25. The van der Waals surface area contributed by atoms with Crippen molar-refractivity contribution < 1.29 is 14.3 Å². The number of hydrogen-bond acceptors (Lipinski definition) is 6. The first-order valence-electron chi connectivity index (χ1n) is 7.54. The molecule has 2 aromatic rings. The van der Waals surface area contributed by atoms with E-state index < -0.39 is 11.5 Å². The number of aryl methyl sites for hydroxylation is 2. The number of esters is 1. The molecule has 0 saturated carbocycles. The Hall–Kier alpha value is -2.67. The van der Waals surface area contributed by atoms with Crippen molar-refractivity contribution >= 4 is 11.8 Å². The van der Waals surface area contributed by atoms with E-state index in [2.05, 4.69) is 9.72 Å². The second-order valence-corrected chi connectivity index (χ2v) is 5.39. The Kier molecular flexibility index (Phi) is 5.35. The van der Waals surface area contributed by atoms with Crippen molar-refractivity contribution in [3.05, 3.63) is 51.1 Å². The number of nitrogens with zero attached hydrogens (tertiary/aromatic N) is 2. The number of carbonyl (C=O) groups excluding carboxylic acids is 1. The van der Waals surface area contributed by atoms with Crippen LogP contribution >= 0.6 is 0 Å². The van der Waals surface area contributed by atoms with Gasteiger partial charge in [0.15, 0.2) is 5.56 Å². The van der Waals surface area contributed by atoms with E-state index in [4.69, 9.17) is 10.5 Å². The van der Waals surface area contributed by atoms with Gasteiger partial charge in [0.25, 0.3) is 5.56 Å². The number of nitrogen functional groups attached to an aromatic ring is 1. The molecule has 0 radical (unpaired) electrons. The third-order valence-electron chi connectivity index (χ3n) is 3.66. The zero-order valence-corrected chi connectivity index (χ0v) is 14.3. The Labute approximate surface area is 140 Å². The summed E-state index contributed by atoms with van der Waals surface area (Å²) in [7, 11) is 1.19. The highest BCUT2D eigenvalue weighted by molar-refractivity contribution is 5.93. The van der Waals surface area contributed by atoms with E-state index >= 15 is 0 Å². The van der Waals surface area contributed by atoms with E-state index in [9.17, 15) is 9.59 Å². The summed E-state index contributed by atoms with van der Waals surface area (Å²) in [4.78, 5) is 28.4. The summed E-state index contributed by atoms with van der Waals surface area (Å²) < 4.78 is 11.4. The van der Waals surface area contributed by atoms with Crippen LogP contribution in [0.5, 0.6) is 0 Å². The third-order valence-corrected chi connectivity index (χ3v) is 3.66. The Morgan fingerprint density at radius 3 is 2.46 bits per heavy atom. The van der Waals surface area contributed by atoms with Crippen molar-refractivity contribution in [2.75, 3.05) is 19.5 Å². The predicted molar refractivity (Wildman–Crippen MR) is 90.4 cm³/mol. The average Bonchev–Trinajstić information content (AvgIpc) is 2.54. The molecule has 0 aliphatic carbocycles. The highest BCUT2D eigenvalue weighted by Crippen LogP contribution is 2.21. The molecule has 0 aliphatic heterocycles. The molecule has 0 atom stereocenters. The lowest BCUT2D eigenvalue weighted by molar-refractivity contribution is 0.0599. The van der Waals surface area contributed by atoms with Crippen LogP contribution in [0.15, 0.2) is 23.3 Å². The van der Waals surface area contributed by atoms with Crippen molar-refractivity contribution in [2.24, 2.45) is 0 Å². The molecule has 1 aromatic heterocycles. The minimum absolute atomic E-state index is 0.147. The van der Waals surface area contributed by atoms with Crippen LogP contribution in [0.25, 0.3) is 5.69 Å². The molecule has 7 nitrogen and oxygen atoms in total. The number of carbonyl (C=O) groups is 1. The van der Waals surface area contributed by atoms with E-state index in [0.717, 1.165) is 16.7 Å². The number of methoxy groups -OCH3 is 1. The molecule has 1 heterocycles. The van der Waals surface area contributed by atoms with Crippen molar-refractivity contribution in [2.45, 2.75) is 27.4 Å². The molecule has 0 aliphatic rings. The number of anilines is 1. The molecule has 7 heteroatoms. The van der Waals surface area contributed by atoms with E-state index in [1.54, 1.807) is 0 Å². The molecule has 24 heavy (non-hydrogen) atoms. The van der Waals surface area contributed by atoms with Crippen LogP contribution in [0, 0.1) is 13.8 Å². The van der Waals surface area contributed by atoms with Gasteiger partial charge in [-0.2, -0.15) is 0 Å². The van der Waals surface area contributed by atoms with Crippen molar-refractivity contribution in [1.82, 2.24) is 9.55 Å². The summed E-state index contributed by atoms with van der Waals surface area (Å²) in [5, 5.41) is 0. The fourth-order valence-electron chi connectivity index (χ4n) is 2.65. The summed E-state index contributed by atoms with van der Waals surface area (Å²) in [6.07, 6.45) is 1.32. The monoisotopic (exact) mass is 331 g/mol. The molecule has 2 rings (SSSR count). The molecule has 0 fully saturated rings. The Bertz CT molecular complexity index is 804. The number of ether oxygens (including phenoxy) is 2. The highest BCUT2D eigenvalue weighted by atomic mass is 16.5. The van der Waals surface area contributed by atoms with Crippen LogP contribution in [-0.4, -0.2) is 29.2 Å². The molecular formula is C17H21N3O4. The second kappa shape index (κ2) is 7.27. The Morgan fingerprint density at radius 2 is 1.92 bits per heavy atom. The van der Waals surface area contributed by atoms with Gasteiger partial charge in [-0.15, -0.1) is 0 Å². The maximum Gasteiger partial charge on any atom is 0.347 e. The number of hydrogen-bond donors (Lipinski definition) is 1. The molecule has 0 spiro atoms. The van der Waals surface area contributed by atoms with Gasteiger partial charge in [0.2, 0.25) is 0 Å². The molecular weight excluding hydrogens is 310 g/mol. The first-order valence-corrected chi connectivity index (χ1v) is 7.54. The van der Waals surface area contributed by atoms with Crippen LogP contribution in [-0.2, 0) is 16.1 Å². The van der Waals surface area contributed by atoms with Gasteiger partial charge in [-0.05, 0) is 37.5 Å². The number of aromatic nitrogens is 2. The average molecular weight is 331 g/mol. The lowest BCUT2D eigenvalue weighted by atomic mass is 10.0. The van der Waals surface area contributed by atoms with E-state index in [-0.39, 0.29) is 11.4 Å². The number of rotatable bonds is 5. The van der Waals surface area contributed by atoms with Gasteiger partial charge in [-0.25, -0.2) is 9.78 Å². The van der Waals surface area contributed by atoms with Crippen molar-refractivity contribution in [3.63, 3.8) is 0 Å². The Balaban J connectivity index is 2.61. The summed E-state index contributed by atoms with van der Waals surface area (Å²) >= 11 is 0. The van der Waals surface area contributed by atoms with Crippen LogP contribution < -0.4 is 11.3 Å². The van der Waals surface area contributed by atoms with Crippen molar-refractivity contribution in [3.8, 4) is 5.69 Å². The molecule has 1 aromatic carbocycles. The van der Waals surface area contributed by atoms with Gasteiger partial charge in [0, 0.05) is 6.61 Å². The van der Waals surface area contributed by atoms with Crippen LogP contribution in [0.2, 0.25) is 0 Å². The van der Waals surface area contributed by atoms with Crippen molar-refractivity contribution in [1.29, 1.82) is 0 Å². The summed E-state index contributed by atoms with van der Waals surface area (Å²) in [5.74, 6) is -0.950. The first-order chi connectivity index (χ1) is 11.4. The maximum atomic E-state index is 12.7. The normalized spacial score (nSPS) is 10.7. The zero-order valence-electron chi connectivity index (χ0n) is 14.3. The Morgan fingerprint density at radius 1 is 1.29 bits per heavy atom. The molecule has 0 amide bonds. The van der Waals surface area contributed by atoms with E-state index in [1.807, 2.05) is 32.9 Å². The minimum Gasteiger partial charge on any atom is -0.465 e. The molecule has 128 valence electrons. The zero-order chi connectivity index (χ0) is 17.9. The van der Waals surface area contributed by atoms with E-state index in [0.29, 0.717) is 18.9 Å². The first kappa shape index (κ1) is 17.7. The smallest absolute Gasteiger partial charge is 0.347 e. The topological polar surface area (TPSA) is 96.4 Å². The lowest BCUT2D eigenvalue weighted by Gasteiger charge is -2.15. The summed E-state index contributed by atoms with van der Waals surface area (Å²) in [6.45, 7) is 6.84. The molecule has 0 unspecified atom stereocenters. The van der Waals surface area contributed by atoms with Gasteiger partial charge in [0.1, 0.15) is 12.1 Å². The van der Waals surface area contributed by atoms with Gasteiger partial charge in [-0.1, -0.05) is 12.1 Å². The maximum absolute atomic E-state index is 12.7. The highest BCUT2D eigenvalue weighted by Gasteiger charge is 2.20. The van der Waals surface area contributed by atoms with Crippen LogP contribution in [0.4, 0.5) is 5.82 Å². The SMILES string of the molecule is CCOCc1cc(C)c(-n2cnc(N)c(C(=O)OC)c2=O)c(C)c1. The molecule has 0 saturated heterocycles. The predicted octanol–water partition coefficient (Wildman–Crippen LogP) is 1.75. The molecule has 0 bridgehead atoms. The van der Waals surface area contributed by atoms with Gasteiger partial charge in [0.05, 0.1) is 19.4 Å². The van der Waals surface area contributed by atoms with Gasteiger partial charge in [-0.3, -0.25) is 9.36 Å². The number of benzene rings is 1. The fraction of sp³-hybridized carbons (Fsp3) is 0.353. The van der Waals surface area contributed by atoms with Crippen LogP contribution in [0.1, 0.15) is 34.0 Å². The summed E-state index contributed by atoms with van der Waals surface area (Å²) in [6, 6.07) is 3.89. The second-order valence-electron chi connectivity index (χ2n) is 5.39. The number of nitrogens with two attached hydrogens (primary N) is 1. The van der Waals surface area contributed by atoms with Gasteiger partial charge >= 0.3 is 5.97 Å².